The number of nitrogens with two attached hydrogens (primary N) is 6. The first-order valence-electron chi connectivity index (χ1n) is 7.32. The predicted octanol–water partition coefficient (Wildman–Crippen LogP) is -1.10. The van der Waals surface area contributed by atoms with E-state index in [1.165, 1.54) is 0 Å². The van der Waals surface area contributed by atoms with Crippen molar-refractivity contribution in [2.75, 3.05) is 19.6 Å². The highest BCUT2D eigenvalue weighted by molar-refractivity contribution is 5.14. The molecule has 12 N–H and O–H groups in total. The predicted molar refractivity (Wildman–Crippen MR) is 86.8 cm³/mol. The normalized spacial score (nSPS) is 21.1. The Morgan fingerprint density at radius 2 is 0.900 bits per heavy atom. The molecule has 3 atom stereocenters. The van der Waals surface area contributed by atoms with Gasteiger partial charge in [0.05, 0.1) is 0 Å². The van der Waals surface area contributed by atoms with Crippen LogP contribution in [0.1, 0.15) is 34.6 Å². The molecular formula is C14H36N6. The van der Waals surface area contributed by atoms with E-state index in [9.17, 15) is 0 Å². The van der Waals surface area contributed by atoms with E-state index in [-0.39, 0.29) is 29.0 Å². The zero-order valence-electron chi connectivity index (χ0n) is 13.8. The van der Waals surface area contributed by atoms with Gasteiger partial charge in [-0.3, -0.25) is 0 Å². The highest BCUT2D eigenvalue weighted by atomic mass is 14.9. The van der Waals surface area contributed by atoms with Crippen molar-refractivity contribution in [3.8, 4) is 0 Å². The average Bonchev–Trinajstić information content (AvgIpc) is 2.36. The van der Waals surface area contributed by atoms with Crippen LogP contribution in [0.3, 0.4) is 0 Å². The summed E-state index contributed by atoms with van der Waals surface area (Å²) in [6.07, 6.45) is 0. The smallest absolute Gasteiger partial charge is 0.0256 e. The molecular weight excluding hydrogens is 252 g/mol. The molecule has 0 amide bonds. The molecule has 0 spiro atoms. The van der Waals surface area contributed by atoms with Crippen molar-refractivity contribution in [1.82, 2.24) is 0 Å². The quantitative estimate of drug-likeness (QED) is 0.349. The summed E-state index contributed by atoms with van der Waals surface area (Å²) in [5, 5.41) is 0. The van der Waals surface area contributed by atoms with E-state index in [0.717, 1.165) is 0 Å². The fourth-order valence-corrected chi connectivity index (χ4v) is 3.45. The summed E-state index contributed by atoms with van der Waals surface area (Å²) in [5.74, 6) is 0. The molecule has 0 aliphatic rings. The molecule has 0 aromatic rings. The molecule has 0 saturated heterocycles. The number of rotatable bonds is 7. The van der Waals surface area contributed by atoms with Crippen molar-refractivity contribution < 1.29 is 0 Å². The van der Waals surface area contributed by atoms with Crippen molar-refractivity contribution >= 4 is 0 Å². The summed E-state index contributed by atoms with van der Waals surface area (Å²) in [6.45, 7) is 11.6. The van der Waals surface area contributed by atoms with E-state index in [4.69, 9.17) is 34.4 Å². The van der Waals surface area contributed by atoms with Crippen LogP contribution in [0.5, 0.6) is 0 Å². The maximum absolute atomic E-state index is 6.39. The summed E-state index contributed by atoms with van der Waals surface area (Å²) < 4.78 is 0. The third kappa shape index (κ3) is 2.86. The first-order chi connectivity index (χ1) is 8.94. The molecule has 6 heteroatoms. The highest BCUT2D eigenvalue weighted by Gasteiger charge is 2.59. The van der Waals surface area contributed by atoms with Crippen molar-refractivity contribution in [2.24, 2.45) is 50.6 Å². The van der Waals surface area contributed by atoms with Gasteiger partial charge in [0, 0.05) is 43.2 Å². The van der Waals surface area contributed by atoms with Gasteiger partial charge in [0.25, 0.3) is 0 Å². The lowest BCUT2D eigenvalue weighted by Gasteiger charge is -2.61. The molecule has 20 heavy (non-hydrogen) atoms. The van der Waals surface area contributed by atoms with Gasteiger partial charge in [-0.15, -0.1) is 0 Å². The van der Waals surface area contributed by atoms with Gasteiger partial charge in [-0.1, -0.05) is 34.6 Å². The molecule has 0 aliphatic heterocycles. The molecule has 122 valence electrons. The minimum atomic E-state index is -0.635. The first kappa shape index (κ1) is 19.8. The van der Waals surface area contributed by atoms with E-state index in [1.807, 2.05) is 0 Å². The third-order valence-electron chi connectivity index (χ3n) is 5.56. The molecule has 0 aromatic carbocycles. The maximum atomic E-state index is 6.39. The van der Waals surface area contributed by atoms with Crippen LogP contribution >= 0.6 is 0 Å². The molecule has 0 fully saturated rings. The van der Waals surface area contributed by atoms with E-state index in [2.05, 4.69) is 34.6 Å². The Morgan fingerprint density at radius 1 is 0.650 bits per heavy atom. The van der Waals surface area contributed by atoms with E-state index in [1.54, 1.807) is 0 Å². The zero-order chi connectivity index (χ0) is 16.4. The third-order valence-corrected chi connectivity index (χ3v) is 5.56. The van der Waals surface area contributed by atoms with Crippen molar-refractivity contribution in [2.45, 2.75) is 52.7 Å². The van der Waals surface area contributed by atoms with Crippen LogP contribution in [-0.4, -0.2) is 37.8 Å². The van der Waals surface area contributed by atoms with Crippen LogP contribution in [0.15, 0.2) is 0 Å². The van der Waals surface area contributed by atoms with Gasteiger partial charge < -0.3 is 34.4 Å². The second-order valence-corrected chi connectivity index (χ2v) is 7.33. The lowest BCUT2D eigenvalue weighted by molar-refractivity contribution is -0.0814. The summed E-state index contributed by atoms with van der Waals surface area (Å²) in [6, 6.07) is -1.10. The van der Waals surface area contributed by atoms with Crippen LogP contribution in [-0.2, 0) is 0 Å². The first-order valence-corrected chi connectivity index (χ1v) is 7.32. The van der Waals surface area contributed by atoms with Gasteiger partial charge in [0.2, 0.25) is 0 Å². The minimum absolute atomic E-state index is 0.0840. The van der Waals surface area contributed by atoms with Gasteiger partial charge in [0.15, 0.2) is 0 Å². The monoisotopic (exact) mass is 288 g/mol. The topological polar surface area (TPSA) is 156 Å². The van der Waals surface area contributed by atoms with Gasteiger partial charge in [0.1, 0.15) is 0 Å². The lowest BCUT2D eigenvalue weighted by Crippen LogP contribution is -2.74. The van der Waals surface area contributed by atoms with Gasteiger partial charge in [-0.2, -0.15) is 0 Å². The molecule has 0 aliphatic carbocycles. The lowest BCUT2D eigenvalue weighted by atomic mass is 9.46. The Morgan fingerprint density at radius 3 is 1.05 bits per heavy atom. The SMILES string of the molecule is CC(C)(C)C(C)(C)C(C(N)CN)(C(N)CN)C(N)CN. The Bertz CT molecular complexity index is 270. The van der Waals surface area contributed by atoms with Gasteiger partial charge in [-0.25, -0.2) is 0 Å². The Hall–Kier alpha value is -0.240. The molecule has 3 unspecified atom stereocenters. The van der Waals surface area contributed by atoms with Crippen molar-refractivity contribution in [3.63, 3.8) is 0 Å². The maximum Gasteiger partial charge on any atom is 0.0256 e. The molecule has 0 bridgehead atoms. The summed E-state index contributed by atoms with van der Waals surface area (Å²) in [7, 11) is 0. The highest BCUT2D eigenvalue weighted by Crippen LogP contribution is 2.55. The summed E-state index contributed by atoms with van der Waals surface area (Å²) in [5.41, 5.74) is 35.8. The summed E-state index contributed by atoms with van der Waals surface area (Å²) >= 11 is 0. The van der Waals surface area contributed by atoms with Crippen LogP contribution in [0.2, 0.25) is 0 Å². The zero-order valence-corrected chi connectivity index (χ0v) is 13.8. The summed E-state index contributed by atoms with van der Waals surface area (Å²) in [4.78, 5) is 0. The second-order valence-electron chi connectivity index (χ2n) is 7.33. The largest absolute Gasteiger partial charge is 0.329 e. The Kier molecular flexibility index (Phi) is 6.60. The minimum Gasteiger partial charge on any atom is -0.329 e. The number of hydrogen-bond acceptors (Lipinski definition) is 6. The van der Waals surface area contributed by atoms with Gasteiger partial charge >= 0.3 is 0 Å². The standard InChI is InChI=1S/C14H36N6/c1-12(2,3)13(4,5)14(9(18)6-15,10(19)7-16)11(20)8-17/h9-11H,6-8,15-20H2,1-5H3. The Balaban J connectivity index is 6.27. The molecule has 0 rings (SSSR count). The van der Waals surface area contributed by atoms with Crippen LogP contribution in [0, 0.1) is 16.2 Å². The average molecular weight is 288 g/mol. The fourth-order valence-electron chi connectivity index (χ4n) is 3.45. The fraction of sp³-hybridized carbons (Fsp3) is 1.00. The van der Waals surface area contributed by atoms with E-state index in [0.29, 0.717) is 19.6 Å². The van der Waals surface area contributed by atoms with Crippen molar-refractivity contribution in [3.05, 3.63) is 0 Å². The van der Waals surface area contributed by atoms with E-state index < -0.39 is 5.41 Å². The molecule has 6 nitrogen and oxygen atoms in total. The molecule has 0 aromatic heterocycles. The van der Waals surface area contributed by atoms with Crippen LogP contribution in [0.25, 0.3) is 0 Å². The second kappa shape index (κ2) is 6.68. The van der Waals surface area contributed by atoms with Crippen molar-refractivity contribution in [1.29, 1.82) is 0 Å². The van der Waals surface area contributed by atoms with Crippen LogP contribution < -0.4 is 34.4 Å². The van der Waals surface area contributed by atoms with E-state index >= 15 is 0 Å². The number of hydrogen-bond donors (Lipinski definition) is 6. The van der Waals surface area contributed by atoms with Gasteiger partial charge in [-0.05, 0) is 10.8 Å². The molecule has 0 radical (unpaired) electrons. The van der Waals surface area contributed by atoms with Crippen LogP contribution in [0.4, 0.5) is 0 Å². The molecule has 0 saturated carbocycles. The molecule has 0 heterocycles. The Labute approximate surface area is 124 Å².